The second kappa shape index (κ2) is 8.68. The molecule has 0 saturated carbocycles. The number of hydrogen-bond donors (Lipinski definition) is 2. The Labute approximate surface area is 128 Å². The molecule has 0 aromatic heterocycles. The number of amides is 1. The Morgan fingerprint density at radius 1 is 1.24 bits per heavy atom. The number of nitrogens with one attached hydrogen (secondary N) is 2. The summed E-state index contributed by atoms with van der Waals surface area (Å²) < 4.78 is 5.42. The molecular formula is C15H30N4O2. The van der Waals surface area contributed by atoms with Gasteiger partial charge in [0.15, 0.2) is 0 Å². The van der Waals surface area contributed by atoms with Crippen molar-refractivity contribution in [3.63, 3.8) is 0 Å². The topological polar surface area (TPSA) is 56.8 Å². The smallest absolute Gasteiger partial charge is 0.227 e. The lowest BCUT2D eigenvalue weighted by atomic mass is 10.0. The molecule has 0 aromatic rings. The molecule has 6 nitrogen and oxygen atoms in total. The number of likely N-dealkylation sites (N-methyl/N-ethyl adjacent to an activating group) is 2. The highest BCUT2D eigenvalue weighted by Crippen LogP contribution is 2.13. The van der Waals surface area contributed by atoms with Crippen molar-refractivity contribution in [3.8, 4) is 0 Å². The Hall–Kier alpha value is -0.690. The second-order valence-electron chi connectivity index (χ2n) is 6.10. The molecule has 2 rings (SSSR count). The van der Waals surface area contributed by atoms with Crippen molar-refractivity contribution in [1.82, 2.24) is 20.4 Å². The highest BCUT2D eigenvalue weighted by atomic mass is 16.5. The van der Waals surface area contributed by atoms with Crippen LogP contribution < -0.4 is 10.6 Å². The summed E-state index contributed by atoms with van der Waals surface area (Å²) in [7, 11) is 2.17. The molecule has 2 heterocycles. The maximum Gasteiger partial charge on any atom is 0.227 e. The molecule has 2 aliphatic rings. The summed E-state index contributed by atoms with van der Waals surface area (Å²) in [6, 6.07) is 0.174. The maximum absolute atomic E-state index is 12.2. The molecule has 122 valence electrons. The first-order valence-electron chi connectivity index (χ1n) is 8.20. The number of hydrogen-bond acceptors (Lipinski definition) is 5. The van der Waals surface area contributed by atoms with Crippen molar-refractivity contribution in [2.75, 3.05) is 66.1 Å². The summed E-state index contributed by atoms with van der Waals surface area (Å²) in [5, 5.41) is 6.39. The Morgan fingerprint density at radius 3 is 2.71 bits per heavy atom. The van der Waals surface area contributed by atoms with Crippen LogP contribution in [0.15, 0.2) is 0 Å². The Kier molecular flexibility index (Phi) is 6.89. The average Bonchev–Trinajstić information content (AvgIpc) is 2.94. The molecule has 0 bridgehead atoms. The van der Waals surface area contributed by atoms with E-state index in [-0.39, 0.29) is 17.9 Å². The highest BCUT2D eigenvalue weighted by Gasteiger charge is 2.33. The summed E-state index contributed by atoms with van der Waals surface area (Å²) in [6.45, 7) is 10.5. The summed E-state index contributed by atoms with van der Waals surface area (Å²) in [6.07, 6.45) is 1.02. The maximum atomic E-state index is 12.2. The highest BCUT2D eigenvalue weighted by molar-refractivity contribution is 5.79. The minimum absolute atomic E-state index is 0.0337. The molecular weight excluding hydrogens is 268 g/mol. The van der Waals surface area contributed by atoms with Crippen molar-refractivity contribution in [2.24, 2.45) is 5.92 Å². The van der Waals surface area contributed by atoms with Gasteiger partial charge in [-0.1, -0.05) is 6.92 Å². The van der Waals surface area contributed by atoms with Crippen LogP contribution in [0.25, 0.3) is 0 Å². The molecule has 1 amide bonds. The van der Waals surface area contributed by atoms with Crippen LogP contribution in [0.2, 0.25) is 0 Å². The summed E-state index contributed by atoms with van der Waals surface area (Å²) in [5.74, 6) is 0.102. The van der Waals surface area contributed by atoms with Gasteiger partial charge in [0.1, 0.15) is 0 Å². The van der Waals surface area contributed by atoms with Gasteiger partial charge in [0.25, 0.3) is 0 Å². The lowest BCUT2D eigenvalue weighted by Gasteiger charge is -2.32. The lowest BCUT2D eigenvalue weighted by Crippen LogP contribution is -2.46. The normalized spacial score (nSPS) is 27.9. The fraction of sp³-hybridized carbons (Fsp3) is 0.933. The van der Waals surface area contributed by atoms with E-state index < -0.39 is 0 Å². The van der Waals surface area contributed by atoms with Gasteiger partial charge in [-0.2, -0.15) is 0 Å². The van der Waals surface area contributed by atoms with Crippen molar-refractivity contribution in [1.29, 1.82) is 0 Å². The van der Waals surface area contributed by atoms with E-state index in [1.165, 1.54) is 0 Å². The molecule has 21 heavy (non-hydrogen) atoms. The largest absolute Gasteiger partial charge is 0.379 e. The monoisotopic (exact) mass is 298 g/mol. The van der Waals surface area contributed by atoms with Crippen LogP contribution in [0.1, 0.15) is 13.3 Å². The molecule has 0 spiro atoms. The second-order valence-corrected chi connectivity index (χ2v) is 6.10. The first-order valence-corrected chi connectivity index (χ1v) is 8.20. The third kappa shape index (κ3) is 5.21. The van der Waals surface area contributed by atoms with Gasteiger partial charge in [0, 0.05) is 38.8 Å². The summed E-state index contributed by atoms with van der Waals surface area (Å²) >= 11 is 0. The Bertz CT molecular complexity index is 319. The van der Waals surface area contributed by atoms with Crippen molar-refractivity contribution in [2.45, 2.75) is 19.4 Å². The van der Waals surface area contributed by atoms with Crippen molar-refractivity contribution >= 4 is 5.91 Å². The Balaban J connectivity index is 1.58. The molecule has 0 aliphatic carbocycles. The van der Waals surface area contributed by atoms with Gasteiger partial charge in [-0.15, -0.1) is 0 Å². The molecule has 2 atom stereocenters. The van der Waals surface area contributed by atoms with E-state index in [9.17, 15) is 4.79 Å². The molecule has 2 N–H and O–H groups in total. The van der Waals surface area contributed by atoms with Crippen molar-refractivity contribution in [3.05, 3.63) is 0 Å². The SMILES string of the molecule is CCNC1COCC1C(=O)NCCCN1CCN(C)CC1. The third-order valence-electron chi connectivity index (χ3n) is 4.43. The van der Waals surface area contributed by atoms with Gasteiger partial charge < -0.3 is 25.2 Å². The first-order chi connectivity index (χ1) is 10.2. The summed E-state index contributed by atoms with van der Waals surface area (Å²) in [5.41, 5.74) is 0. The van der Waals surface area contributed by atoms with Crippen LogP contribution in [0, 0.1) is 5.92 Å². The minimum atomic E-state index is -0.0337. The van der Waals surface area contributed by atoms with Gasteiger partial charge in [-0.05, 0) is 26.6 Å². The number of carbonyl (C=O) groups excluding carboxylic acids is 1. The van der Waals surface area contributed by atoms with Gasteiger partial charge in [0.05, 0.1) is 19.1 Å². The molecule has 6 heteroatoms. The number of piperazine rings is 1. The predicted molar refractivity (Wildman–Crippen MR) is 83.3 cm³/mol. The van der Waals surface area contributed by atoms with E-state index in [0.717, 1.165) is 52.2 Å². The van der Waals surface area contributed by atoms with Gasteiger partial charge in [-0.3, -0.25) is 4.79 Å². The van der Waals surface area contributed by atoms with Crippen LogP contribution in [-0.4, -0.2) is 87.8 Å². The van der Waals surface area contributed by atoms with Gasteiger partial charge in [-0.25, -0.2) is 0 Å². The summed E-state index contributed by atoms with van der Waals surface area (Å²) in [4.78, 5) is 17.0. The number of carbonyl (C=O) groups is 1. The third-order valence-corrected chi connectivity index (χ3v) is 4.43. The first kappa shape index (κ1) is 16.7. The predicted octanol–water partition coefficient (Wildman–Crippen LogP) is -0.635. The number of nitrogens with zero attached hydrogens (tertiary/aromatic N) is 2. The molecule has 2 saturated heterocycles. The Morgan fingerprint density at radius 2 is 2.00 bits per heavy atom. The van der Waals surface area contributed by atoms with Crippen LogP contribution in [0.4, 0.5) is 0 Å². The zero-order valence-corrected chi connectivity index (χ0v) is 13.4. The number of ether oxygens (including phenoxy) is 1. The van der Waals surface area contributed by atoms with E-state index in [0.29, 0.717) is 13.2 Å². The van der Waals surface area contributed by atoms with Crippen LogP contribution in [0.5, 0.6) is 0 Å². The quantitative estimate of drug-likeness (QED) is 0.613. The van der Waals surface area contributed by atoms with E-state index in [2.05, 4.69) is 34.4 Å². The standard InChI is InChI=1S/C15H30N4O2/c1-3-16-14-12-21-11-13(14)15(20)17-5-4-6-19-9-7-18(2)8-10-19/h13-14,16H,3-12H2,1-2H3,(H,17,20). The van der Waals surface area contributed by atoms with Crippen LogP contribution in [0.3, 0.4) is 0 Å². The van der Waals surface area contributed by atoms with E-state index in [1.807, 2.05) is 0 Å². The molecule has 0 radical (unpaired) electrons. The lowest BCUT2D eigenvalue weighted by molar-refractivity contribution is -0.125. The average molecular weight is 298 g/mol. The van der Waals surface area contributed by atoms with E-state index >= 15 is 0 Å². The molecule has 2 aliphatic heterocycles. The van der Waals surface area contributed by atoms with E-state index in [4.69, 9.17) is 4.74 Å². The van der Waals surface area contributed by atoms with Gasteiger partial charge in [0.2, 0.25) is 5.91 Å². The zero-order chi connectivity index (χ0) is 15.1. The minimum Gasteiger partial charge on any atom is -0.379 e. The fourth-order valence-corrected chi connectivity index (χ4v) is 2.99. The molecule has 2 unspecified atom stereocenters. The fourth-order valence-electron chi connectivity index (χ4n) is 2.99. The van der Waals surface area contributed by atoms with Gasteiger partial charge >= 0.3 is 0 Å². The van der Waals surface area contributed by atoms with Crippen LogP contribution in [-0.2, 0) is 9.53 Å². The van der Waals surface area contributed by atoms with E-state index in [1.54, 1.807) is 0 Å². The molecule has 0 aromatic carbocycles. The zero-order valence-electron chi connectivity index (χ0n) is 13.4. The van der Waals surface area contributed by atoms with Crippen molar-refractivity contribution < 1.29 is 9.53 Å². The van der Waals surface area contributed by atoms with Crippen LogP contribution >= 0.6 is 0 Å². The molecule has 2 fully saturated rings. The number of rotatable bonds is 7.